The van der Waals surface area contributed by atoms with Crippen LogP contribution in [0.3, 0.4) is 0 Å². The first kappa shape index (κ1) is 23.9. The number of rotatable bonds is 8. The summed E-state index contributed by atoms with van der Waals surface area (Å²) in [7, 11) is 1.30. The van der Waals surface area contributed by atoms with Crippen LogP contribution in [0, 0.1) is 5.82 Å². The van der Waals surface area contributed by atoms with E-state index in [0.29, 0.717) is 5.56 Å². The van der Waals surface area contributed by atoms with Gasteiger partial charge in [0.2, 0.25) is 11.8 Å². The van der Waals surface area contributed by atoms with E-state index in [1.165, 1.54) is 31.5 Å². The number of methoxy groups -OCH3 is 1. The van der Waals surface area contributed by atoms with Gasteiger partial charge in [0.15, 0.2) is 0 Å². The number of halogens is 2. The smallest absolute Gasteiger partial charge is 0.310 e. The van der Waals surface area contributed by atoms with Crippen molar-refractivity contribution in [2.24, 2.45) is 0 Å². The molecular weight excluding hydrogens is 453 g/mol. The van der Waals surface area contributed by atoms with Crippen molar-refractivity contribution in [2.45, 2.75) is 26.4 Å². The summed E-state index contributed by atoms with van der Waals surface area (Å²) in [5, 5.41) is 2.81. The Kier molecular flexibility index (Phi) is 7.78. The lowest BCUT2D eigenvalue weighted by molar-refractivity contribution is -0.139. The Balaban J connectivity index is 1.82. The molecule has 3 rings (SSSR count). The molecule has 0 radical (unpaired) electrons. The molecule has 2 aromatic heterocycles. The van der Waals surface area contributed by atoms with Gasteiger partial charge in [-0.3, -0.25) is 9.59 Å². The quantitative estimate of drug-likeness (QED) is 0.468. The number of hydrogen-bond acceptors (Lipinski definition) is 7. The second-order valence-corrected chi connectivity index (χ2v) is 7.60. The van der Waals surface area contributed by atoms with Crippen molar-refractivity contribution in [1.82, 2.24) is 9.97 Å². The molecule has 0 aliphatic carbocycles. The number of nitrogens with zero attached hydrogens (tertiary/aromatic N) is 2. The fraction of sp³-hybridized carbons (Fsp3) is 0.217. The average Bonchev–Trinajstić information content (AvgIpc) is 2.73. The molecule has 172 valence electrons. The lowest BCUT2D eigenvalue weighted by atomic mass is 10.2. The van der Waals surface area contributed by atoms with Gasteiger partial charge >= 0.3 is 5.97 Å². The second-order valence-electron chi connectivity index (χ2n) is 7.16. The van der Waals surface area contributed by atoms with Crippen LogP contribution in [0.25, 0.3) is 0 Å². The van der Waals surface area contributed by atoms with Gasteiger partial charge in [0.05, 0.1) is 25.2 Å². The van der Waals surface area contributed by atoms with Gasteiger partial charge in [0, 0.05) is 29.4 Å². The molecule has 3 aromatic rings. The van der Waals surface area contributed by atoms with Crippen LogP contribution in [0.1, 0.15) is 29.8 Å². The molecule has 1 N–H and O–H groups in total. The van der Waals surface area contributed by atoms with Crippen molar-refractivity contribution in [3.05, 3.63) is 70.6 Å². The van der Waals surface area contributed by atoms with E-state index in [1.807, 2.05) is 0 Å². The third-order valence-corrected chi connectivity index (χ3v) is 4.32. The van der Waals surface area contributed by atoms with Crippen molar-refractivity contribution in [2.75, 3.05) is 12.4 Å². The molecule has 2 heterocycles. The summed E-state index contributed by atoms with van der Waals surface area (Å²) >= 11 is 5.87. The molecule has 1 amide bonds. The van der Waals surface area contributed by atoms with E-state index in [4.69, 9.17) is 21.1 Å². The van der Waals surface area contributed by atoms with Gasteiger partial charge in [-0.2, -0.15) is 4.98 Å². The van der Waals surface area contributed by atoms with Crippen LogP contribution < -0.4 is 14.8 Å². The predicted octanol–water partition coefficient (Wildman–Crippen LogP) is 4.82. The van der Waals surface area contributed by atoms with Crippen LogP contribution in [0.4, 0.5) is 10.2 Å². The number of aromatic nitrogens is 2. The first-order chi connectivity index (χ1) is 15.7. The highest BCUT2D eigenvalue weighted by molar-refractivity contribution is 6.30. The summed E-state index contributed by atoms with van der Waals surface area (Å²) in [5.74, 6) is -0.916. The standard InChI is InChI=1S/C23H21ClFN3O5/c1-13(2)32-20-7-15(8-21(28-20)33-18-10-16(24)9-17(25)11-18)23(30)27-19-5-4-14(12-26-19)6-22(29)31-3/h4-5,7-13H,6H2,1-3H3,(H,26,27,30). The van der Waals surface area contributed by atoms with Crippen LogP contribution in [-0.2, 0) is 16.0 Å². The van der Waals surface area contributed by atoms with Crippen molar-refractivity contribution in [3.63, 3.8) is 0 Å². The van der Waals surface area contributed by atoms with E-state index in [2.05, 4.69) is 20.0 Å². The topological polar surface area (TPSA) is 99.6 Å². The maximum atomic E-state index is 13.6. The number of anilines is 1. The van der Waals surface area contributed by atoms with Crippen LogP contribution in [0.2, 0.25) is 5.02 Å². The molecular formula is C23H21ClFN3O5. The molecule has 0 fully saturated rings. The van der Waals surface area contributed by atoms with E-state index in [1.54, 1.807) is 26.0 Å². The molecule has 0 atom stereocenters. The van der Waals surface area contributed by atoms with E-state index in [9.17, 15) is 14.0 Å². The van der Waals surface area contributed by atoms with Crippen molar-refractivity contribution in [1.29, 1.82) is 0 Å². The van der Waals surface area contributed by atoms with E-state index < -0.39 is 17.7 Å². The second kappa shape index (κ2) is 10.7. The summed E-state index contributed by atoms with van der Waals surface area (Å²) in [6.07, 6.45) is 1.33. The summed E-state index contributed by atoms with van der Waals surface area (Å²) in [4.78, 5) is 32.5. The Morgan fingerprint density at radius 3 is 2.52 bits per heavy atom. The van der Waals surface area contributed by atoms with E-state index in [0.717, 1.165) is 12.1 Å². The van der Waals surface area contributed by atoms with Gasteiger partial charge in [-0.25, -0.2) is 9.37 Å². The normalized spacial score (nSPS) is 10.6. The first-order valence-electron chi connectivity index (χ1n) is 9.87. The molecule has 0 unspecified atom stereocenters. The van der Waals surface area contributed by atoms with Crippen molar-refractivity contribution < 1.29 is 28.2 Å². The number of esters is 1. The lowest BCUT2D eigenvalue weighted by Gasteiger charge is -2.13. The highest BCUT2D eigenvalue weighted by Crippen LogP contribution is 2.27. The summed E-state index contributed by atoms with van der Waals surface area (Å²) in [6.45, 7) is 3.61. The van der Waals surface area contributed by atoms with Crippen LogP contribution in [0.5, 0.6) is 17.5 Å². The van der Waals surface area contributed by atoms with Gasteiger partial charge in [0.1, 0.15) is 17.4 Å². The summed E-state index contributed by atoms with van der Waals surface area (Å²) < 4.78 is 29.5. The van der Waals surface area contributed by atoms with Gasteiger partial charge in [-0.1, -0.05) is 17.7 Å². The maximum absolute atomic E-state index is 13.6. The zero-order valence-corrected chi connectivity index (χ0v) is 18.9. The van der Waals surface area contributed by atoms with Crippen LogP contribution in [-0.4, -0.2) is 35.1 Å². The average molecular weight is 474 g/mol. The molecule has 10 heteroatoms. The zero-order valence-electron chi connectivity index (χ0n) is 18.1. The van der Waals surface area contributed by atoms with Crippen LogP contribution in [0.15, 0.2) is 48.7 Å². The third kappa shape index (κ3) is 7.15. The molecule has 0 saturated heterocycles. The fourth-order valence-corrected chi connectivity index (χ4v) is 2.92. The van der Waals surface area contributed by atoms with Gasteiger partial charge < -0.3 is 19.5 Å². The monoisotopic (exact) mass is 473 g/mol. The van der Waals surface area contributed by atoms with E-state index in [-0.39, 0.29) is 46.4 Å². The molecule has 8 nitrogen and oxygen atoms in total. The van der Waals surface area contributed by atoms with Crippen molar-refractivity contribution in [3.8, 4) is 17.5 Å². The van der Waals surface area contributed by atoms with Crippen molar-refractivity contribution >= 4 is 29.3 Å². The number of hydrogen-bond donors (Lipinski definition) is 1. The highest BCUT2D eigenvalue weighted by atomic mass is 35.5. The summed E-state index contributed by atoms with van der Waals surface area (Å²) in [5.41, 5.74) is 0.819. The zero-order chi connectivity index (χ0) is 24.0. The lowest BCUT2D eigenvalue weighted by Crippen LogP contribution is -2.15. The summed E-state index contributed by atoms with van der Waals surface area (Å²) in [6, 6.07) is 9.75. The van der Waals surface area contributed by atoms with Crippen LogP contribution >= 0.6 is 11.6 Å². The molecule has 0 aliphatic rings. The Hall–Kier alpha value is -3.72. The number of nitrogens with one attached hydrogen (secondary N) is 1. The van der Waals surface area contributed by atoms with Gasteiger partial charge in [-0.15, -0.1) is 0 Å². The number of ether oxygens (including phenoxy) is 3. The molecule has 33 heavy (non-hydrogen) atoms. The number of pyridine rings is 2. The number of carbonyl (C=O) groups excluding carboxylic acids is 2. The van der Waals surface area contributed by atoms with Gasteiger partial charge in [-0.05, 0) is 37.6 Å². The molecule has 1 aromatic carbocycles. The largest absolute Gasteiger partial charge is 0.475 e. The molecule has 0 spiro atoms. The Bertz CT molecular complexity index is 1140. The maximum Gasteiger partial charge on any atom is 0.310 e. The molecule has 0 aliphatic heterocycles. The van der Waals surface area contributed by atoms with Gasteiger partial charge in [0.25, 0.3) is 5.91 Å². The molecule has 0 bridgehead atoms. The third-order valence-electron chi connectivity index (χ3n) is 4.10. The minimum atomic E-state index is -0.577. The number of benzene rings is 1. The Labute approximate surface area is 194 Å². The number of carbonyl (C=O) groups is 2. The predicted molar refractivity (Wildman–Crippen MR) is 119 cm³/mol. The number of amides is 1. The minimum Gasteiger partial charge on any atom is -0.475 e. The SMILES string of the molecule is COC(=O)Cc1ccc(NC(=O)c2cc(Oc3cc(F)cc(Cl)c3)nc(OC(C)C)c2)nc1. The minimum absolute atomic E-state index is 0.0151. The fourth-order valence-electron chi connectivity index (χ4n) is 2.70. The first-order valence-corrected chi connectivity index (χ1v) is 10.3. The molecule has 0 saturated carbocycles. The highest BCUT2D eigenvalue weighted by Gasteiger charge is 2.15. The Morgan fingerprint density at radius 2 is 1.88 bits per heavy atom. The Morgan fingerprint density at radius 1 is 1.12 bits per heavy atom. The van der Waals surface area contributed by atoms with E-state index >= 15 is 0 Å².